The third-order valence-electron chi connectivity index (χ3n) is 6.65. The Morgan fingerprint density at radius 1 is 0.500 bits per heavy atom. The molecule has 4 nitrogen and oxygen atoms in total. The Labute approximate surface area is 219 Å². The minimum absolute atomic E-state index is 0.0834. The number of fused-ring (bicyclic) bond motifs is 6. The maximum Gasteiger partial charge on any atom is 0.403 e. The summed E-state index contributed by atoms with van der Waals surface area (Å²) >= 11 is 10.5. The van der Waals surface area contributed by atoms with Crippen molar-refractivity contribution in [1.29, 1.82) is 0 Å². The van der Waals surface area contributed by atoms with Gasteiger partial charge in [-0.3, -0.25) is 0 Å². The first-order valence-corrected chi connectivity index (χ1v) is 12.3. The van der Waals surface area contributed by atoms with E-state index in [-0.39, 0.29) is 25.0 Å². The normalized spacial score (nSPS) is 12.9. The number of carbonyl (C=O) groups is 2. The fraction of sp³-hybridized carbons (Fsp3) is 0.133. The molecule has 0 fully saturated rings. The Morgan fingerprint density at radius 2 is 0.750 bits per heavy atom. The zero-order valence-corrected chi connectivity index (χ0v) is 20.7. The summed E-state index contributed by atoms with van der Waals surface area (Å²) in [5.74, 6) is 0.167. The van der Waals surface area contributed by atoms with Crippen LogP contribution in [-0.4, -0.2) is 24.1 Å². The highest BCUT2D eigenvalue weighted by molar-refractivity contribution is 6.61. The van der Waals surface area contributed by atoms with Crippen molar-refractivity contribution in [2.45, 2.75) is 11.8 Å². The van der Waals surface area contributed by atoms with E-state index in [4.69, 9.17) is 32.7 Å². The van der Waals surface area contributed by atoms with Crippen LogP contribution in [-0.2, 0) is 9.47 Å². The average molecular weight is 517 g/mol. The quantitative estimate of drug-likeness (QED) is 0.255. The Bertz CT molecular complexity index is 1230. The monoisotopic (exact) mass is 516 g/mol. The van der Waals surface area contributed by atoms with Gasteiger partial charge in [-0.05, 0) is 44.5 Å². The predicted octanol–water partition coefficient (Wildman–Crippen LogP) is 8.35. The molecule has 0 unspecified atom stereocenters. The smallest absolute Gasteiger partial charge is 0.403 e. The van der Waals surface area contributed by atoms with E-state index in [1.807, 2.05) is 48.5 Å². The largest absolute Gasteiger partial charge is 0.453 e. The molecule has 180 valence electrons. The average Bonchev–Trinajstić information content (AvgIpc) is 3.39. The predicted molar refractivity (Wildman–Crippen MR) is 142 cm³/mol. The molecule has 0 bridgehead atoms. The summed E-state index contributed by atoms with van der Waals surface area (Å²) < 4.78 is 9.93. The number of hydrogen-bond acceptors (Lipinski definition) is 4. The van der Waals surface area contributed by atoms with Crippen molar-refractivity contribution >= 4 is 34.1 Å². The molecule has 0 saturated heterocycles. The van der Waals surface area contributed by atoms with Crippen LogP contribution in [0.4, 0.5) is 9.59 Å². The van der Waals surface area contributed by atoms with Gasteiger partial charge in [-0.1, -0.05) is 97.1 Å². The van der Waals surface area contributed by atoms with Crippen LogP contribution >= 0.6 is 23.2 Å². The van der Waals surface area contributed by atoms with Crippen LogP contribution < -0.4 is 0 Å². The van der Waals surface area contributed by atoms with E-state index in [1.54, 1.807) is 0 Å². The van der Waals surface area contributed by atoms with Crippen LogP contribution in [0.25, 0.3) is 22.3 Å². The molecule has 0 atom stereocenters. The van der Waals surface area contributed by atoms with Crippen LogP contribution in [0.15, 0.2) is 97.1 Å². The number of rotatable bonds is 4. The summed E-state index contributed by atoms with van der Waals surface area (Å²) in [6.45, 7) is 0.576. The van der Waals surface area contributed by atoms with Gasteiger partial charge in [0.05, 0.1) is 0 Å². The summed E-state index contributed by atoms with van der Waals surface area (Å²) in [5.41, 5.74) is 8.11. The van der Waals surface area contributed by atoms with E-state index in [9.17, 15) is 9.59 Å². The molecule has 0 radical (unpaired) electrons. The van der Waals surface area contributed by atoms with E-state index in [0.717, 1.165) is 0 Å². The van der Waals surface area contributed by atoms with Crippen LogP contribution in [0.3, 0.4) is 0 Å². The van der Waals surface area contributed by atoms with Crippen LogP contribution in [0, 0.1) is 0 Å². The van der Waals surface area contributed by atoms with Gasteiger partial charge in [0, 0.05) is 35.0 Å². The van der Waals surface area contributed by atoms with E-state index < -0.39 is 10.9 Å². The lowest BCUT2D eigenvalue weighted by molar-refractivity contribution is 0.169. The maximum atomic E-state index is 10.8. The van der Waals surface area contributed by atoms with E-state index in [1.165, 1.54) is 44.5 Å². The summed E-state index contributed by atoms with van der Waals surface area (Å²) in [6, 6.07) is 32.7. The van der Waals surface area contributed by atoms with Gasteiger partial charge in [-0.25, -0.2) is 9.59 Å². The van der Waals surface area contributed by atoms with Crippen molar-refractivity contribution in [3.05, 3.63) is 119 Å². The summed E-state index contributed by atoms with van der Waals surface area (Å²) in [7, 11) is 0. The Morgan fingerprint density at radius 3 is 1.00 bits per heavy atom. The highest BCUT2D eigenvalue weighted by atomic mass is 35.5. The van der Waals surface area contributed by atoms with Crippen LogP contribution in [0.2, 0.25) is 0 Å². The Kier molecular flexibility index (Phi) is 7.08. The summed E-state index contributed by atoms with van der Waals surface area (Å²) in [5, 5.41) is 0. The first kappa shape index (κ1) is 24.1. The van der Waals surface area contributed by atoms with Gasteiger partial charge in [0.2, 0.25) is 0 Å². The van der Waals surface area contributed by atoms with Crippen LogP contribution in [0.1, 0.15) is 34.1 Å². The molecule has 0 aliphatic heterocycles. The summed E-state index contributed by atoms with van der Waals surface area (Å²) in [6.07, 6.45) is 0. The van der Waals surface area contributed by atoms with Crippen molar-refractivity contribution in [1.82, 2.24) is 0 Å². The standard InChI is InChI=1S/2C15H11ClO2/c2*16-15(17)18-9-14-12-7-3-1-5-10(12)11-6-2-4-8-13(11)14/h2*1-8,14H,9H2. The van der Waals surface area contributed by atoms with Gasteiger partial charge in [-0.15, -0.1) is 0 Å². The fourth-order valence-electron chi connectivity index (χ4n) is 5.18. The molecule has 0 heterocycles. The molecule has 0 amide bonds. The molecule has 4 aromatic carbocycles. The minimum Gasteiger partial charge on any atom is -0.453 e. The molecular formula is C30H22Cl2O4. The van der Waals surface area contributed by atoms with E-state index >= 15 is 0 Å². The zero-order valence-electron chi connectivity index (χ0n) is 19.2. The lowest BCUT2D eigenvalue weighted by atomic mass is 9.98. The Balaban J connectivity index is 0.000000148. The van der Waals surface area contributed by atoms with E-state index in [2.05, 4.69) is 48.5 Å². The molecule has 2 aliphatic rings. The topological polar surface area (TPSA) is 52.6 Å². The fourth-order valence-corrected chi connectivity index (χ4v) is 5.30. The van der Waals surface area contributed by atoms with Crippen molar-refractivity contribution in [2.24, 2.45) is 0 Å². The van der Waals surface area contributed by atoms with Gasteiger partial charge < -0.3 is 9.47 Å². The number of ether oxygens (including phenoxy) is 2. The van der Waals surface area contributed by atoms with Gasteiger partial charge in [-0.2, -0.15) is 0 Å². The van der Waals surface area contributed by atoms with Crippen LogP contribution in [0.5, 0.6) is 0 Å². The molecule has 6 rings (SSSR count). The first-order chi connectivity index (χ1) is 17.5. The van der Waals surface area contributed by atoms with Crippen molar-refractivity contribution in [3.8, 4) is 22.3 Å². The molecule has 36 heavy (non-hydrogen) atoms. The first-order valence-electron chi connectivity index (χ1n) is 11.6. The second-order valence-corrected chi connectivity index (χ2v) is 9.17. The number of benzene rings is 4. The molecule has 0 aromatic heterocycles. The second kappa shape index (κ2) is 10.6. The molecule has 0 spiro atoms. The van der Waals surface area contributed by atoms with Gasteiger partial charge >= 0.3 is 10.9 Å². The van der Waals surface area contributed by atoms with Crippen molar-refractivity contribution in [3.63, 3.8) is 0 Å². The highest BCUT2D eigenvalue weighted by Crippen LogP contribution is 2.45. The molecule has 0 saturated carbocycles. The molecule has 4 aromatic rings. The molecule has 6 heteroatoms. The lowest BCUT2D eigenvalue weighted by Gasteiger charge is -2.12. The third-order valence-corrected chi connectivity index (χ3v) is 6.87. The van der Waals surface area contributed by atoms with Gasteiger partial charge in [0.1, 0.15) is 13.2 Å². The minimum atomic E-state index is -0.753. The van der Waals surface area contributed by atoms with E-state index in [0.29, 0.717) is 0 Å². The third kappa shape index (κ3) is 4.75. The van der Waals surface area contributed by atoms with Crippen molar-refractivity contribution in [2.75, 3.05) is 13.2 Å². The summed E-state index contributed by atoms with van der Waals surface area (Å²) in [4.78, 5) is 21.5. The van der Waals surface area contributed by atoms with Gasteiger partial charge in [0.15, 0.2) is 0 Å². The lowest BCUT2D eigenvalue weighted by Crippen LogP contribution is -2.07. The maximum absolute atomic E-state index is 10.8. The number of hydrogen-bond donors (Lipinski definition) is 0. The van der Waals surface area contributed by atoms with Crippen molar-refractivity contribution < 1.29 is 19.1 Å². The second-order valence-electron chi connectivity index (χ2n) is 8.55. The zero-order chi connectivity index (χ0) is 25.1. The molecule has 2 aliphatic carbocycles. The SMILES string of the molecule is O=C(Cl)OCC1c2ccccc2-c2ccccc21.O=C(Cl)OCC1c2ccccc2-c2ccccc21. The Hall–Kier alpha value is -3.60. The number of carbonyl (C=O) groups excluding carboxylic acids is 2. The highest BCUT2D eigenvalue weighted by Gasteiger charge is 2.29. The number of halogens is 2. The van der Waals surface area contributed by atoms with Gasteiger partial charge in [0.25, 0.3) is 0 Å². The molecule has 0 N–H and O–H groups in total. The molecular weight excluding hydrogens is 495 g/mol.